The van der Waals surface area contributed by atoms with Gasteiger partial charge in [-0.15, -0.1) is 0 Å². The van der Waals surface area contributed by atoms with Crippen LogP contribution in [0, 0.1) is 11.3 Å². The number of hydrogen-bond acceptors (Lipinski definition) is 9. The molecule has 0 saturated heterocycles. The minimum atomic E-state index is -1.21. The summed E-state index contributed by atoms with van der Waals surface area (Å²) in [5.74, 6) is 1.49. The van der Waals surface area contributed by atoms with Gasteiger partial charge in [-0.05, 0) is 52.9 Å². The molecular formula is C20H27BrN8O. The zero-order valence-electron chi connectivity index (χ0n) is 16.8. The number of nitrogens with one attached hydrogen (secondary N) is 4. The van der Waals surface area contributed by atoms with E-state index >= 15 is 0 Å². The largest absolute Gasteiger partial charge is 0.374 e. The van der Waals surface area contributed by atoms with Crippen molar-refractivity contribution in [1.82, 2.24) is 9.97 Å². The number of halogens is 1. The maximum atomic E-state index is 9.96. The molecule has 1 heterocycles. The Kier molecular flexibility index (Phi) is 7.72. The second-order valence-electron chi connectivity index (χ2n) is 7.33. The first-order valence-electron chi connectivity index (χ1n) is 9.89. The lowest BCUT2D eigenvalue weighted by atomic mass is 9.86. The number of hydrazone groups is 1. The van der Waals surface area contributed by atoms with Crippen molar-refractivity contribution in [3.8, 4) is 0 Å². The van der Waals surface area contributed by atoms with E-state index in [2.05, 4.69) is 54.0 Å². The fourth-order valence-electron chi connectivity index (χ4n) is 3.44. The average Bonchev–Trinajstić information content (AvgIpc) is 2.72. The predicted octanol–water partition coefficient (Wildman–Crippen LogP) is 3.97. The van der Waals surface area contributed by atoms with Gasteiger partial charge in [0.05, 0.1) is 17.5 Å². The van der Waals surface area contributed by atoms with E-state index in [4.69, 9.17) is 11.1 Å². The maximum absolute atomic E-state index is 9.96. The van der Waals surface area contributed by atoms with Crippen molar-refractivity contribution in [2.45, 2.75) is 44.9 Å². The third kappa shape index (κ3) is 5.74. The molecule has 0 spiro atoms. The smallest absolute Gasteiger partial charge is 0.224 e. The van der Waals surface area contributed by atoms with Crippen LogP contribution in [-0.2, 0) is 0 Å². The van der Waals surface area contributed by atoms with Crippen LogP contribution in [0.3, 0.4) is 0 Å². The first-order chi connectivity index (χ1) is 14.5. The summed E-state index contributed by atoms with van der Waals surface area (Å²) in [6.45, 7) is 2.24. The molecule has 1 fully saturated rings. The van der Waals surface area contributed by atoms with Gasteiger partial charge in [-0.3, -0.25) is 5.43 Å². The topological polar surface area (TPSA) is 144 Å². The SMILES string of the molecule is C[C@H]1CCCC[C@H]1Nc1ncc(C(N)O)c(Nc2ccc(Br)c(N/N=C\C=N)c2)n1. The molecule has 1 aromatic heterocycles. The van der Waals surface area contributed by atoms with E-state index in [9.17, 15) is 5.11 Å². The Morgan fingerprint density at radius 2 is 2.17 bits per heavy atom. The lowest BCUT2D eigenvalue weighted by Gasteiger charge is -2.29. The first kappa shape index (κ1) is 22.1. The Morgan fingerprint density at radius 3 is 2.90 bits per heavy atom. The van der Waals surface area contributed by atoms with Crippen molar-refractivity contribution in [1.29, 1.82) is 5.41 Å². The molecule has 160 valence electrons. The molecule has 2 aromatic rings. The van der Waals surface area contributed by atoms with E-state index in [1.165, 1.54) is 25.5 Å². The molecule has 0 aliphatic heterocycles. The van der Waals surface area contributed by atoms with E-state index < -0.39 is 6.23 Å². The molecule has 30 heavy (non-hydrogen) atoms. The summed E-state index contributed by atoms with van der Waals surface area (Å²) in [4.78, 5) is 8.93. The van der Waals surface area contributed by atoms with E-state index in [1.54, 1.807) is 6.20 Å². The molecule has 1 saturated carbocycles. The maximum Gasteiger partial charge on any atom is 0.224 e. The van der Waals surface area contributed by atoms with Crippen LogP contribution < -0.4 is 21.8 Å². The summed E-state index contributed by atoms with van der Waals surface area (Å²) in [6, 6.07) is 5.88. The molecule has 3 atom stereocenters. The van der Waals surface area contributed by atoms with Gasteiger partial charge in [0.25, 0.3) is 0 Å². The van der Waals surface area contributed by atoms with Crippen LogP contribution >= 0.6 is 15.9 Å². The second-order valence-corrected chi connectivity index (χ2v) is 8.19. The number of rotatable bonds is 8. The summed E-state index contributed by atoms with van der Waals surface area (Å²) in [7, 11) is 0. The van der Waals surface area contributed by atoms with E-state index in [0.717, 1.165) is 22.8 Å². The summed E-state index contributed by atoms with van der Waals surface area (Å²) in [5, 5.41) is 27.5. The highest BCUT2D eigenvalue weighted by atomic mass is 79.9. The summed E-state index contributed by atoms with van der Waals surface area (Å²) in [5.41, 5.74) is 10.4. The van der Waals surface area contributed by atoms with Crippen LogP contribution in [0.25, 0.3) is 0 Å². The van der Waals surface area contributed by atoms with Gasteiger partial charge in [-0.25, -0.2) is 4.98 Å². The molecule has 0 radical (unpaired) electrons. The molecular weight excluding hydrogens is 448 g/mol. The number of anilines is 4. The van der Waals surface area contributed by atoms with Crippen molar-refractivity contribution < 1.29 is 5.11 Å². The van der Waals surface area contributed by atoms with E-state index in [-0.39, 0.29) is 0 Å². The third-order valence-electron chi connectivity index (χ3n) is 5.12. The molecule has 1 aliphatic carbocycles. The summed E-state index contributed by atoms with van der Waals surface area (Å²) in [6.07, 6.45) is 7.49. The number of aromatic nitrogens is 2. The summed E-state index contributed by atoms with van der Waals surface area (Å²) < 4.78 is 0.811. The van der Waals surface area contributed by atoms with Crippen LogP contribution in [0.4, 0.5) is 23.1 Å². The van der Waals surface area contributed by atoms with Gasteiger partial charge < -0.3 is 26.9 Å². The molecule has 1 aromatic carbocycles. The third-order valence-corrected chi connectivity index (χ3v) is 5.82. The normalized spacial score (nSPS) is 20.0. The Morgan fingerprint density at radius 1 is 1.37 bits per heavy atom. The first-order valence-corrected chi connectivity index (χ1v) is 10.7. The molecule has 0 amide bonds. The van der Waals surface area contributed by atoms with Gasteiger partial charge in [-0.1, -0.05) is 19.8 Å². The molecule has 1 unspecified atom stereocenters. The lowest BCUT2D eigenvalue weighted by molar-refractivity contribution is 0.186. The van der Waals surface area contributed by atoms with Gasteiger partial charge >= 0.3 is 0 Å². The van der Waals surface area contributed by atoms with Gasteiger partial charge in [0.2, 0.25) is 5.95 Å². The van der Waals surface area contributed by atoms with Crippen LogP contribution in [0.15, 0.2) is 34.0 Å². The molecule has 9 nitrogen and oxygen atoms in total. The standard InChI is InChI=1S/C20H27BrN8O/c1-12-4-2-3-5-16(12)27-20-24-11-14(18(23)30)19(28-20)26-13-6-7-15(21)17(10-13)29-25-9-8-22/h6-12,16,18,22,29-30H,2-5,23H2,1H3,(H2,24,26,27,28)/b22-8?,25-9-/t12-,16+,18?/m0/s1. The zero-order chi connectivity index (χ0) is 21.5. The predicted molar refractivity (Wildman–Crippen MR) is 125 cm³/mol. The molecule has 3 rings (SSSR count). The molecule has 1 aliphatic rings. The van der Waals surface area contributed by atoms with Gasteiger partial charge in [-0.2, -0.15) is 10.1 Å². The van der Waals surface area contributed by atoms with Crippen molar-refractivity contribution in [2.75, 3.05) is 16.1 Å². The lowest BCUT2D eigenvalue weighted by Crippen LogP contribution is -2.31. The van der Waals surface area contributed by atoms with Gasteiger partial charge in [0, 0.05) is 28.6 Å². The Bertz CT molecular complexity index is 904. The highest BCUT2D eigenvalue weighted by molar-refractivity contribution is 9.10. The van der Waals surface area contributed by atoms with Crippen LogP contribution in [0.1, 0.15) is 44.4 Å². The number of hydrogen-bond donors (Lipinski definition) is 6. The van der Waals surface area contributed by atoms with Gasteiger partial charge in [0.1, 0.15) is 12.0 Å². The summed E-state index contributed by atoms with van der Waals surface area (Å²) >= 11 is 3.46. The van der Waals surface area contributed by atoms with Gasteiger partial charge in [0.15, 0.2) is 0 Å². The number of nitrogens with two attached hydrogens (primary N) is 1. The van der Waals surface area contributed by atoms with Crippen molar-refractivity contribution >= 4 is 51.5 Å². The van der Waals surface area contributed by atoms with Crippen LogP contribution in [0.2, 0.25) is 0 Å². The number of aliphatic hydroxyl groups excluding tert-OH is 1. The zero-order valence-corrected chi connectivity index (χ0v) is 18.4. The minimum Gasteiger partial charge on any atom is -0.374 e. The average molecular weight is 475 g/mol. The van der Waals surface area contributed by atoms with Crippen molar-refractivity contribution in [3.05, 3.63) is 34.4 Å². The second kappa shape index (κ2) is 10.5. The fraction of sp³-hybridized carbons (Fsp3) is 0.400. The number of nitrogens with zero attached hydrogens (tertiary/aromatic N) is 3. The van der Waals surface area contributed by atoms with Crippen molar-refractivity contribution in [2.24, 2.45) is 16.8 Å². The van der Waals surface area contributed by atoms with E-state index in [0.29, 0.717) is 35.0 Å². The number of benzene rings is 1. The monoisotopic (exact) mass is 474 g/mol. The minimum absolute atomic E-state index is 0.329. The Hall–Kier alpha value is -2.56. The Balaban J connectivity index is 1.83. The van der Waals surface area contributed by atoms with E-state index in [1.807, 2.05) is 18.2 Å². The fourth-order valence-corrected chi connectivity index (χ4v) is 3.78. The number of aliphatic hydroxyl groups is 1. The highest BCUT2D eigenvalue weighted by Crippen LogP contribution is 2.30. The molecule has 7 N–H and O–H groups in total. The quantitative estimate of drug-likeness (QED) is 0.193. The molecule has 0 bridgehead atoms. The van der Waals surface area contributed by atoms with Crippen LogP contribution in [-0.4, -0.2) is 33.5 Å². The highest BCUT2D eigenvalue weighted by Gasteiger charge is 2.22. The van der Waals surface area contributed by atoms with Crippen molar-refractivity contribution in [3.63, 3.8) is 0 Å². The van der Waals surface area contributed by atoms with Crippen LogP contribution in [0.5, 0.6) is 0 Å². The Labute approximate surface area is 184 Å². The molecule has 10 heteroatoms.